The van der Waals surface area contributed by atoms with Crippen molar-refractivity contribution < 1.29 is 9.90 Å². The molecule has 0 bridgehead atoms. The summed E-state index contributed by atoms with van der Waals surface area (Å²) in [5, 5.41) is 8.47. The summed E-state index contributed by atoms with van der Waals surface area (Å²) in [6.45, 7) is 2.04. The average Bonchev–Trinajstić information content (AvgIpc) is 2.10. The molecule has 0 aromatic carbocycles. The van der Waals surface area contributed by atoms with Crippen molar-refractivity contribution >= 4 is 17.7 Å². The zero-order valence-electron chi connectivity index (χ0n) is 7.25. The van der Waals surface area contributed by atoms with Crippen LogP contribution in [0.3, 0.4) is 0 Å². The van der Waals surface area contributed by atoms with Crippen molar-refractivity contribution in [3.63, 3.8) is 0 Å². The largest absolute Gasteiger partial charge is 0.396 e. The Morgan fingerprint density at radius 1 is 1.75 bits per heavy atom. The number of nitrogens with one attached hydrogen (secondary N) is 1. The van der Waals surface area contributed by atoms with Gasteiger partial charge in [0.05, 0.1) is 0 Å². The Balaban J connectivity index is 3.31. The van der Waals surface area contributed by atoms with Crippen LogP contribution in [0.1, 0.15) is 13.3 Å². The predicted octanol–water partition coefficient (Wildman–Crippen LogP) is -0.272. The molecule has 0 saturated heterocycles. The summed E-state index contributed by atoms with van der Waals surface area (Å²) in [5.41, 5.74) is 2.10. The minimum Gasteiger partial charge on any atom is -0.396 e. The molecule has 4 nitrogen and oxygen atoms in total. The molecular weight excluding hydrogens is 176 g/mol. The van der Waals surface area contributed by atoms with Crippen LogP contribution < -0.4 is 11.3 Å². The summed E-state index contributed by atoms with van der Waals surface area (Å²) in [4.78, 5) is 10.9. The van der Waals surface area contributed by atoms with Gasteiger partial charge in [0.2, 0.25) is 5.91 Å². The van der Waals surface area contributed by atoms with Gasteiger partial charge in [-0.3, -0.25) is 10.2 Å². The van der Waals surface area contributed by atoms with Crippen molar-refractivity contribution in [3.05, 3.63) is 0 Å². The van der Waals surface area contributed by atoms with E-state index in [0.29, 0.717) is 0 Å². The molecule has 0 aliphatic heterocycles. The molecular formula is C7H16N2O2S. The monoisotopic (exact) mass is 192 g/mol. The quantitative estimate of drug-likeness (QED) is 0.234. The summed E-state index contributed by atoms with van der Waals surface area (Å²) in [7, 11) is 0. The van der Waals surface area contributed by atoms with Crippen molar-refractivity contribution in [2.75, 3.05) is 18.1 Å². The molecule has 0 radical (unpaired) electrons. The topological polar surface area (TPSA) is 75.3 Å². The highest BCUT2D eigenvalue weighted by Crippen LogP contribution is 2.08. The maximum Gasteiger partial charge on any atom is 0.237 e. The molecule has 0 aromatic heterocycles. The number of nitrogens with two attached hydrogens (primary N) is 1. The van der Waals surface area contributed by atoms with Crippen LogP contribution in [0.4, 0.5) is 0 Å². The first-order valence-electron chi connectivity index (χ1n) is 3.91. The molecule has 0 heterocycles. The first-order chi connectivity index (χ1) is 5.72. The van der Waals surface area contributed by atoms with E-state index in [1.54, 1.807) is 11.8 Å². The van der Waals surface area contributed by atoms with Gasteiger partial charge in [-0.25, -0.2) is 5.84 Å². The fourth-order valence-corrected chi connectivity index (χ4v) is 1.65. The molecule has 0 saturated carbocycles. The van der Waals surface area contributed by atoms with Crippen LogP contribution in [0.15, 0.2) is 0 Å². The zero-order chi connectivity index (χ0) is 9.40. The van der Waals surface area contributed by atoms with E-state index in [9.17, 15) is 4.79 Å². The first kappa shape index (κ1) is 11.7. The molecule has 0 fully saturated rings. The van der Waals surface area contributed by atoms with Crippen molar-refractivity contribution in [2.45, 2.75) is 13.3 Å². The van der Waals surface area contributed by atoms with Gasteiger partial charge in [0.1, 0.15) is 0 Å². The van der Waals surface area contributed by atoms with Gasteiger partial charge in [-0.1, -0.05) is 6.92 Å². The van der Waals surface area contributed by atoms with Crippen molar-refractivity contribution in [3.8, 4) is 0 Å². The zero-order valence-corrected chi connectivity index (χ0v) is 8.06. The van der Waals surface area contributed by atoms with Crippen LogP contribution in [0, 0.1) is 5.92 Å². The van der Waals surface area contributed by atoms with Crippen molar-refractivity contribution in [1.82, 2.24) is 5.43 Å². The number of amides is 1. The number of hydrazine groups is 1. The van der Waals surface area contributed by atoms with Crippen LogP contribution in [0.2, 0.25) is 0 Å². The van der Waals surface area contributed by atoms with E-state index < -0.39 is 0 Å². The van der Waals surface area contributed by atoms with Crippen LogP contribution >= 0.6 is 11.8 Å². The first-order valence-corrected chi connectivity index (χ1v) is 5.07. The molecule has 4 N–H and O–H groups in total. The standard InChI is InChI=1S/C7H16N2O2S/c1-6(7(11)9-8)5-12-4-2-3-10/h6,10H,2-5,8H2,1H3,(H,9,11). The van der Waals surface area contributed by atoms with Gasteiger partial charge in [-0.2, -0.15) is 11.8 Å². The third-order valence-corrected chi connectivity index (χ3v) is 2.72. The normalized spacial score (nSPS) is 12.6. The highest BCUT2D eigenvalue weighted by Gasteiger charge is 2.10. The highest BCUT2D eigenvalue weighted by molar-refractivity contribution is 7.99. The number of aliphatic hydroxyl groups excluding tert-OH is 1. The summed E-state index contributed by atoms with van der Waals surface area (Å²) in [5.74, 6) is 6.41. The Kier molecular flexibility index (Phi) is 7.23. The van der Waals surface area contributed by atoms with E-state index in [-0.39, 0.29) is 18.4 Å². The maximum atomic E-state index is 10.9. The lowest BCUT2D eigenvalue weighted by Gasteiger charge is -2.08. The molecule has 0 spiro atoms. The van der Waals surface area contributed by atoms with Crippen LogP contribution in [-0.4, -0.2) is 29.1 Å². The fraction of sp³-hybridized carbons (Fsp3) is 0.857. The smallest absolute Gasteiger partial charge is 0.237 e. The molecule has 1 amide bonds. The number of hydrogen-bond acceptors (Lipinski definition) is 4. The van der Waals surface area contributed by atoms with Crippen LogP contribution in [-0.2, 0) is 4.79 Å². The molecule has 1 unspecified atom stereocenters. The van der Waals surface area contributed by atoms with Gasteiger partial charge in [0.25, 0.3) is 0 Å². The number of carbonyl (C=O) groups is 1. The Morgan fingerprint density at radius 3 is 2.92 bits per heavy atom. The number of hydrogen-bond donors (Lipinski definition) is 3. The van der Waals surface area contributed by atoms with Gasteiger partial charge in [-0.05, 0) is 12.2 Å². The van der Waals surface area contributed by atoms with Crippen molar-refractivity contribution in [2.24, 2.45) is 11.8 Å². The number of carbonyl (C=O) groups excluding carboxylic acids is 1. The van der Waals surface area contributed by atoms with E-state index in [2.05, 4.69) is 5.43 Å². The highest BCUT2D eigenvalue weighted by atomic mass is 32.2. The van der Waals surface area contributed by atoms with E-state index in [1.165, 1.54) is 0 Å². The van der Waals surface area contributed by atoms with Gasteiger partial charge < -0.3 is 5.11 Å². The summed E-state index contributed by atoms with van der Waals surface area (Å²) < 4.78 is 0. The second kappa shape index (κ2) is 7.39. The molecule has 5 heteroatoms. The molecule has 0 rings (SSSR count). The van der Waals surface area contributed by atoms with Gasteiger partial charge in [0.15, 0.2) is 0 Å². The predicted molar refractivity (Wildman–Crippen MR) is 50.5 cm³/mol. The van der Waals surface area contributed by atoms with E-state index >= 15 is 0 Å². The third kappa shape index (κ3) is 5.40. The van der Waals surface area contributed by atoms with Gasteiger partial charge in [0, 0.05) is 18.3 Å². The van der Waals surface area contributed by atoms with E-state index in [0.717, 1.165) is 17.9 Å². The molecule has 12 heavy (non-hydrogen) atoms. The van der Waals surface area contributed by atoms with Gasteiger partial charge >= 0.3 is 0 Å². The van der Waals surface area contributed by atoms with Gasteiger partial charge in [-0.15, -0.1) is 0 Å². The van der Waals surface area contributed by atoms with Crippen molar-refractivity contribution in [1.29, 1.82) is 0 Å². The van der Waals surface area contributed by atoms with E-state index in [1.807, 2.05) is 6.92 Å². The lowest BCUT2D eigenvalue weighted by atomic mass is 10.2. The Hall–Kier alpha value is -0.260. The summed E-state index contributed by atoms with van der Waals surface area (Å²) in [6.07, 6.45) is 0.779. The SMILES string of the molecule is CC(CSCCCO)C(=O)NN. The molecule has 0 aliphatic rings. The lowest BCUT2D eigenvalue weighted by molar-refractivity contribution is -0.123. The van der Waals surface area contributed by atoms with Crippen LogP contribution in [0.25, 0.3) is 0 Å². The molecule has 0 aliphatic carbocycles. The second-order valence-corrected chi connectivity index (χ2v) is 3.71. The summed E-state index contributed by atoms with van der Waals surface area (Å²) >= 11 is 1.65. The molecule has 72 valence electrons. The third-order valence-electron chi connectivity index (χ3n) is 1.40. The Labute approximate surface area is 76.9 Å². The van der Waals surface area contributed by atoms with E-state index in [4.69, 9.17) is 10.9 Å². The number of aliphatic hydroxyl groups is 1. The molecule has 0 aromatic rings. The Bertz CT molecular complexity index is 133. The Morgan fingerprint density at radius 2 is 2.42 bits per heavy atom. The summed E-state index contributed by atoms with van der Waals surface area (Å²) in [6, 6.07) is 0. The second-order valence-electron chi connectivity index (χ2n) is 2.56. The minimum atomic E-state index is -0.133. The fourth-order valence-electron chi connectivity index (χ4n) is 0.645. The lowest BCUT2D eigenvalue weighted by Crippen LogP contribution is -2.35. The minimum absolute atomic E-state index is 0.0568. The average molecular weight is 192 g/mol. The number of thioether (sulfide) groups is 1. The van der Waals surface area contributed by atoms with Crippen LogP contribution in [0.5, 0.6) is 0 Å². The number of rotatable bonds is 6. The maximum absolute atomic E-state index is 10.9. The molecule has 1 atom stereocenters.